The largest absolute Gasteiger partial charge is 0.465 e. The fourth-order valence-corrected chi connectivity index (χ4v) is 8.16. The van der Waals surface area contributed by atoms with Crippen molar-refractivity contribution >= 4 is 74.4 Å². The van der Waals surface area contributed by atoms with Gasteiger partial charge in [-0.25, -0.2) is 0 Å². The molecule has 0 aliphatic carbocycles. The normalized spacial score (nSPS) is 11.8. The third kappa shape index (κ3) is 36.2. The fourth-order valence-electron chi connectivity index (χ4n) is 7.27. The summed E-state index contributed by atoms with van der Waals surface area (Å²) in [6.45, 7) is 3.06. The van der Waals surface area contributed by atoms with Gasteiger partial charge in [0.2, 0.25) is 0 Å². The lowest BCUT2D eigenvalue weighted by Crippen LogP contribution is -2.57. The number of hydrogen-bond acceptors (Lipinski definition) is 12. The number of ether oxygens (including phenoxy) is 4. The van der Waals surface area contributed by atoms with Crippen molar-refractivity contribution in [1.82, 2.24) is 0 Å². The first-order valence-electron chi connectivity index (χ1n) is 24.8. The van der Waals surface area contributed by atoms with Gasteiger partial charge in [-0.2, -0.15) is 50.5 Å². The van der Waals surface area contributed by atoms with E-state index in [1.165, 1.54) is 57.8 Å². The molecule has 0 fully saturated rings. The van der Waals surface area contributed by atoms with E-state index in [2.05, 4.69) is 50.5 Å². The Hall–Kier alpha value is -0.720. The minimum Gasteiger partial charge on any atom is -0.465 e. The Labute approximate surface area is 396 Å². The Morgan fingerprint density at radius 2 is 0.508 bits per heavy atom. The summed E-state index contributed by atoms with van der Waals surface area (Å²) in [6.07, 6.45) is 33.8. The monoisotopic (exact) mass is 937 g/mol. The van der Waals surface area contributed by atoms with Crippen molar-refractivity contribution in [2.24, 2.45) is 5.41 Å². The number of rotatable bonds is 46. The summed E-state index contributed by atoms with van der Waals surface area (Å²) in [5.74, 6) is -0.943. The predicted octanol–water partition coefficient (Wildman–Crippen LogP) is 14.6. The van der Waals surface area contributed by atoms with Crippen LogP contribution in [0, 0.1) is 5.41 Å². The first kappa shape index (κ1) is 60.3. The van der Waals surface area contributed by atoms with Gasteiger partial charge in [0.25, 0.3) is 0 Å². The van der Waals surface area contributed by atoms with Crippen LogP contribution in [-0.4, -0.2) is 59.5 Å². The molecule has 0 atom stereocenters. The van der Waals surface area contributed by atoms with Crippen LogP contribution in [0.3, 0.4) is 0 Å². The highest BCUT2D eigenvalue weighted by atomic mass is 32.1. The summed E-state index contributed by atoms with van der Waals surface area (Å²) < 4.78 is 23.9. The molecule has 0 aromatic heterocycles. The summed E-state index contributed by atoms with van der Waals surface area (Å²) in [6, 6.07) is 0. The first-order chi connectivity index (χ1) is 29.6. The molecule has 0 bridgehead atoms. The third-order valence-corrected chi connectivity index (χ3v) is 12.6. The molecule has 0 amide bonds. The average Bonchev–Trinajstić information content (AvgIpc) is 3.23. The molecule has 0 aliphatic heterocycles. The lowest BCUT2D eigenvalue weighted by molar-refractivity contribution is -0.377. The van der Waals surface area contributed by atoms with Crippen molar-refractivity contribution in [3.05, 3.63) is 0 Å². The second-order valence-electron chi connectivity index (χ2n) is 17.7. The summed E-state index contributed by atoms with van der Waals surface area (Å²) in [5.41, 5.74) is -1.40. The maximum atomic E-state index is 13.6. The van der Waals surface area contributed by atoms with Crippen molar-refractivity contribution < 1.29 is 38.1 Å². The van der Waals surface area contributed by atoms with Crippen LogP contribution in [0.15, 0.2) is 0 Å². The lowest BCUT2D eigenvalue weighted by Gasteiger charge is -2.41. The standard InChI is InChI=1S/C49H92O8S4/c1-48(2,43-54-44(50)35-27-19-11-3-7-15-23-31-39-58)49(55-45(51)36-28-20-12-4-8-16-24-32-40-59,56-46(52)37-29-21-13-5-9-17-25-33-41-60)57-47(53)38-30-22-14-6-10-18-26-34-42-61/h58-61H,3-43H2,1-2H3. The number of thiol groups is 4. The molecule has 12 heteroatoms. The number of hydrogen-bond donors (Lipinski definition) is 4. The molecule has 0 heterocycles. The van der Waals surface area contributed by atoms with Crippen LogP contribution < -0.4 is 0 Å². The van der Waals surface area contributed by atoms with Crippen molar-refractivity contribution in [3.63, 3.8) is 0 Å². The van der Waals surface area contributed by atoms with Gasteiger partial charge in [-0.1, -0.05) is 154 Å². The number of carbonyl (C=O) groups is 4. The third-order valence-electron chi connectivity index (χ3n) is 11.3. The summed E-state index contributed by atoms with van der Waals surface area (Å²) >= 11 is 17.2. The van der Waals surface area contributed by atoms with Gasteiger partial charge in [0.1, 0.15) is 12.0 Å². The van der Waals surface area contributed by atoms with Crippen LogP contribution >= 0.6 is 50.5 Å². The van der Waals surface area contributed by atoms with Crippen LogP contribution in [0.2, 0.25) is 0 Å². The zero-order valence-electron chi connectivity index (χ0n) is 39.0. The van der Waals surface area contributed by atoms with E-state index >= 15 is 0 Å². The molecule has 360 valence electrons. The molecule has 0 aromatic rings. The Morgan fingerprint density at radius 1 is 0.311 bits per heavy atom. The molecule has 0 aliphatic rings. The van der Waals surface area contributed by atoms with Crippen molar-refractivity contribution in [1.29, 1.82) is 0 Å². The van der Waals surface area contributed by atoms with E-state index in [1.54, 1.807) is 13.8 Å². The molecule has 0 unspecified atom stereocenters. The lowest BCUT2D eigenvalue weighted by atomic mass is 9.90. The predicted molar refractivity (Wildman–Crippen MR) is 267 cm³/mol. The molecular formula is C49H92O8S4. The molecule has 0 saturated heterocycles. The first-order valence-corrected chi connectivity index (χ1v) is 27.3. The highest BCUT2D eigenvalue weighted by molar-refractivity contribution is 7.80. The van der Waals surface area contributed by atoms with Gasteiger partial charge in [-0.15, -0.1) is 0 Å². The van der Waals surface area contributed by atoms with Gasteiger partial charge in [0, 0.05) is 25.7 Å². The Kier molecular flexibility index (Phi) is 42.7. The van der Waals surface area contributed by atoms with E-state index in [0.717, 1.165) is 145 Å². The van der Waals surface area contributed by atoms with Gasteiger partial charge in [0.15, 0.2) is 0 Å². The van der Waals surface area contributed by atoms with E-state index in [-0.39, 0.29) is 38.3 Å². The Balaban J connectivity index is 5.80. The zero-order chi connectivity index (χ0) is 45.1. The van der Waals surface area contributed by atoms with E-state index in [9.17, 15) is 19.2 Å². The van der Waals surface area contributed by atoms with E-state index in [4.69, 9.17) is 18.9 Å². The van der Waals surface area contributed by atoms with Crippen LogP contribution in [0.25, 0.3) is 0 Å². The second kappa shape index (κ2) is 43.2. The smallest absolute Gasteiger partial charge is 0.432 e. The van der Waals surface area contributed by atoms with Crippen molar-refractivity contribution in [2.75, 3.05) is 29.6 Å². The van der Waals surface area contributed by atoms with Crippen molar-refractivity contribution in [3.8, 4) is 0 Å². The van der Waals surface area contributed by atoms with Gasteiger partial charge < -0.3 is 18.9 Å². The van der Waals surface area contributed by atoms with Gasteiger partial charge in [0.05, 0.1) is 0 Å². The van der Waals surface area contributed by atoms with E-state index in [1.807, 2.05) is 0 Å². The minimum atomic E-state index is -2.39. The van der Waals surface area contributed by atoms with Gasteiger partial charge in [-0.05, 0) is 88.2 Å². The summed E-state index contributed by atoms with van der Waals surface area (Å²) in [7, 11) is 0. The fraction of sp³-hybridized carbons (Fsp3) is 0.918. The number of carbonyl (C=O) groups excluding carboxylic acids is 4. The maximum Gasteiger partial charge on any atom is 0.432 e. The number of esters is 4. The quantitative estimate of drug-likeness (QED) is 0.0207. The van der Waals surface area contributed by atoms with Gasteiger partial charge in [-0.3, -0.25) is 19.2 Å². The highest BCUT2D eigenvalue weighted by Crippen LogP contribution is 2.39. The second-order valence-corrected chi connectivity index (χ2v) is 19.5. The van der Waals surface area contributed by atoms with Gasteiger partial charge >= 0.3 is 29.9 Å². The topological polar surface area (TPSA) is 105 Å². The van der Waals surface area contributed by atoms with Crippen LogP contribution in [0.1, 0.15) is 245 Å². The SMILES string of the molecule is CC(C)(COC(=O)CCCCCCCCCCS)C(OC(=O)CCCCCCCCCCS)(OC(=O)CCCCCCCCCCS)OC(=O)CCCCCCCCCCS. The Morgan fingerprint density at radius 3 is 0.738 bits per heavy atom. The molecule has 0 spiro atoms. The molecule has 8 nitrogen and oxygen atoms in total. The van der Waals surface area contributed by atoms with E-state index < -0.39 is 29.3 Å². The number of unbranched alkanes of at least 4 members (excludes halogenated alkanes) is 28. The molecule has 0 radical (unpaired) electrons. The van der Waals surface area contributed by atoms with Crippen LogP contribution in [-0.2, 0) is 38.1 Å². The van der Waals surface area contributed by atoms with E-state index in [0.29, 0.717) is 25.7 Å². The highest BCUT2D eigenvalue weighted by Gasteiger charge is 2.58. The molecule has 0 N–H and O–H groups in total. The average molecular weight is 938 g/mol. The molecular weight excluding hydrogens is 845 g/mol. The molecule has 61 heavy (non-hydrogen) atoms. The van der Waals surface area contributed by atoms with Crippen LogP contribution in [0.4, 0.5) is 0 Å². The van der Waals surface area contributed by atoms with Crippen LogP contribution in [0.5, 0.6) is 0 Å². The summed E-state index contributed by atoms with van der Waals surface area (Å²) in [4.78, 5) is 53.9. The minimum absolute atomic E-state index is 0.0869. The molecule has 0 aromatic carbocycles. The maximum absolute atomic E-state index is 13.6. The zero-order valence-corrected chi connectivity index (χ0v) is 42.6. The Bertz CT molecular complexity index is 971. The summed E-state index contributed by atoms with van der Waals surface area (Å²) in [5, 5.41) is 0. The van der Waals surface area contributed by atoms with Crippen molar-refractivity contribution in [2.45, 2.75) is 251 Å². The molecule has 0 saturated carbocycles. The molecule has 0 rings (SSSR count).